The van der Waals surface area contributed by atoms with Gasteiger partial charge in [0, 0.05) is 12.6 Å². The number of aromatic nitrogens is 1. The fourth-order valence-corrected chi connectivity index (χ4v) is 1.86. The molecule has 0 aliphatic carbocycles. The number of amides is 2. The second-order valence-electron chi connectivity index (χ2n) is 4.76. The summed E-state index contributed by atoms with van der Waals surface area (Å²) in [6.07, 6.45) is 0.920. The van der Waals surface area contributed by atoms with E-state index in [1.165, 1.54) is 0 Å². The van der Waals surface area contributed by atoms with Crippen molar-refractivity contribution in [3.63, 3.8) is 0 Å². The van der Waals surface area contributed by atoms with Crippen LogP contribution in [0, 0.1) is 12.3 Å². The lowest BCUT2D eigenvalue weighted by Crippen LogP contribution is -2.45. The molecule has 0 fully saturated rings. The number of rotatable bonds is 7. The Morgan fingerprint density at radius 1 is 1.35 bits per heavy atom. The highest BCUT2D eigenvalue weighted by atomic mass is 16.5. The van der Waals surface area contributed by atoms with E-state index in [0.29, 0.717) is 24.3 Å². The summed E-state index contributed by atoms with van der Waals surface area (Å²) in [5.41, 5.74) is -0.296. The molecule has 112 valence electrons. The Morgan fingerprint density at radius 3 is 2.45 bits per heavy atom. The van der Waals surface area contributed by atoms with E-state index < -0.39 is 17.4 Å². The molecule has 3 N–H and O–H groups in total. The van der Waals surface area contributed by atoms with Crippen LogP contribution in [0.4, 0.5) is 4.79 Å². The Kier molecular flexibility index (Phi) is 5.54. The van der Waals surface area contributed by atoms with E-state index in [4.69, 9.17) is 4.52 Å². The quantitative estimate of drug-likeness (QED) is 0.706. The molecule has 0 aromatic carbocycles. The summed E-state index contributed by atoms with van der Waals surface area (Å²) in [4.78, 5) is 22.9. The highest BCUT2D eigenvalue weighted by molar-refractivity contribution is 5.78. The maximum Gasteiger partial charge on any atom is 0.315 e. The van der Waals surface area contributed by atoms with E-state index in [1.807, 2.05) is 0 Å². The summed E-state index contributed by atoms with van der Waals surface area (Å²) in [6, 6.07) is 1.30. The van der Waals surface area contributed by atoms with Crippen LogP contribution in [0.5, 0.6) is 0 Å². The van der Waals surface area contributed by atoms with Gasteiger partial charge in [-0.25, -0.2) is 4.79 Å². The smallest absolute Gasteiger partial charge is 0.315 e. The van der Waals surface area contributed by atoms with Crippen molar-refractivity contribution >= 4 is 12.0 Å². The van der Waals surface area contributed by atoms with Crippen molar-refractivity contribution in [3.05, 3.63) is 17.5 Å². The van der Waals surface area contributed by atoms with Crippen molar-refractivity contribution in [1.82, 2.24) is 15.8 Å². The number of urea groups is 1. The van der Waals surface area contributed by atoms with Crippen LogP contribution >= 0.6 is 0 Å². The van der Waals surface area contributed by atoms with E-state index >= 15 is 0 Å². The fraction of sp³-hybridized carbons (Fsp3) is 0.615. The molecule has 1 heterocycles. The van der Waals surface area contributed by atoms with Gasteiger partial charge in [0.1, 0.15) is 11.5 Å². The van der Waals surface area contributed by atoms with Gasteiger partial charge < -0.3 is 20.3 Å². The molecule has 7 heteroatoms. The van der Waals surface area contributed by atoms with Crippen LogP contribution in [0.15, 0.2) is 10.6 Å². The topological polar surface area (TPSA) is 104 Å². The van der Waals surface area contributed by atoms with Gasteiger partial charge in [-0.3, -0.25) is 4.79 Å². The Balaban J connectivity index is 2.44. The van der Waals surface area contributed by atoms with Crippen LogP contribution in [-0.2, 0) is 11.3 Å². The zero-order valence-electron chi connectivity index (χ0n) is 12.0. The number of nitrogens with one attached hydrogen (secondary N) is 2. The third-order valence-corrected chi connectivity index (χ3v) is 3.50. The molecule has 0 spiro atoms. The van der Waals surface area contributed by atoms with Gasteiger partial charge in [-0.15, -0.1) is 0 Å². The van der Waals surface area contributed by atoms with Gasteiger partial charge >= 0.3 is 12.0 Å². The summed E-state index contributed by atoms with van der Waals surface area (Å²) in [5, 5.41) is 18.2. The van der Waals surface area contributed by atoms with Crippen LogP contribution < -0.4 is 10.6 Å². The molecule has 20 heavy (non-hydrogen) atoms. The van der Waals surface area contributed by atoms with E-state index in [1.54, 1.807) is 26.8 Å². The SMILES string of the molecule is CCC(CC)(CNC(=O)NCc1cc(C)on1)C(=O)O. The van der Waals surface area contributed by atoms with Gasteiger partial charge in [-0.1, -0.05) is 19.0 Å². The van der Waals surface area contributed by atoms with E-state index in [-0.39, 0.29) is 13.1 Å². The fourth-order valence-electron chi connectivity index (χ4n) is 1.86. The van der Waals surface area contributed by atoms with Gasteiger partial charge in [0.15, 0.2) is 0 Å². The summed E-state index contributed by atoms with van der Waals surface area (Å²) in [7, 11) is 0. The molecule has 0 unspecified atom stereocenters. The molecule has 7 nitrogen and oxygen atoms in total. The summed E-state index contributed by atoms with van der Waals surface area (Å²) in [6.45, 7) is 5.70. The molecular formula is C13H21N3O4. The van der Waals surface area contributed by atoms with Crippen molar-refractivity contribution in [3.8, 4) is 0 Å². The van der Waals surface area contributed by atoms with Crippen LogP contribution in [0.25, 0.3) is 0 Å². The zero-order chi connectivity index (χ0) is 15.2. The third kappa shape index (κ3) is 3.97. The van der Waals surface area contributed by atoms with Gasteiger partial charge in [0.05, 0.1) is 12.0 Å². The minimum Gasteiger partial charge on any atom is -0.481 e. The second-order valence-corrected chi connectivity index (χ2v) is 4.76. The lowest BCUT2D eigenvalue weighted by atomic mass is 9.82. The number of aryl methyl sites for hydroxylation is 1. The average Bonchev–Trinajstić information content (AvgIpc) is 2.83. The first kappa shape index (κ1) is 16.0. The molecule has 0 aliphatic heterocycles. The van der Waals surface area contributed by atoms with Gasteiger partial charge in [-0.2, -0.15) is 0 Å². The number of hydrogen-bond donors (Lipinski definition) is 3. The van der Waals surface area contributed by atoms with Crippen molar-refractivity contribution in [1.29, 1.82) is 0 Å². The number of carbonyl (C=O) groups excluding carboxylic acids is 1. The monoisotopic (exact) mass is 283 g/mol. The highest BCUT2D eigenvalue weighted by Crippen LogP contribution is 2.25. The number of carboxylic acid groups (broad SMARTS) is 1. The molecule has 0 saturated carbocycles. The number of hydrogen-bond acceptors (Lipinski definition) is 4. The minimum absolute atomic E-state index is 0.0962. The molecular weight excluding hydrogens is 262 g/mol. The molecule has 0 atom stereocenters. The summed E-state index contributed by atoms with van der Waals surface area (Å²) >= 11 is 0. The Labute approximate surface area is 117 Å². The Hall–Kier alpha value is -2.05. The molecule has 2 amide bonds. The molecule has 0 saturated heterocycles. The van der Waals surface area contributed by atoms with Crippen molar-refractivity contribution < 1.29 is 19.2 Å². The predicted molar refractivity (Wildman–Crippen MR) is 72.1 cm³/mol. The molecule has 1 aromatic heterocycles. The largest absolute Gasteiger partial charge is 0.481 e. The lowest BCUT2D eigenvalue weighted by molar-refractivity contribution is -0.149. The van der Waals surface area contributed by atoms with E-state index in [9.17, 15) is 14.7 Å². The van der Waals surface area contributed by atoms with Crippen LogP contribution in [0.3, 0.4) is 0 Å². The first-order valence-corrected chi connectivity index (χ1v) is 6.61. The number of aliphatic carboxylic acids is 1. The number of carbonyl (C=O) groups is 2. The van der Waals surface area contributed by atoms with Crippen molar-refractivity contribution in [2.24, 2.45) is 5.41 Å². The standard InChI is InChI=1S/C13H21N3O4/c1-4-13(5-2,11(17)18)8-15-12(19)14-7-10-6-9(3)20-16-10/h6H,4-5,7-8H2,1-3H3,(H,17,18)(H2,14,15,19). The molecule has 0 bridgehead atoms. The van der Waals surface area contributed by atoms with Gasteiger partial charge in [0.25, 0.3) is 0 Å². The Morgan fingerprint density at radius 2 is 2.00 bits per heavy atom. The first-order valence-electron chi connectivity index (χ1n) is 6.61. The molecule has 0 radical (unpaired) electrons. The van der Waals surface area contributed by atoms with Gasteiger partial charge in [-0.05, 0) is 19.8 Å². The van der Waals surface area contributed by atoms with Gasteiger partial charge in [0.2, 0.25) is 0 Å². The normalized spacial score (nSPS) is 11.2. The Bertz CT molecular complexity index is 466. The molecule has 1 rings (SSSR count). The third-order valence-electron chi connectivity index (χ3n) is 3.50. The zero-order valence-corrected chi connectivity index (χ0v) is 12.0. The number of carboxylic acids is 1. The summed E-state index contributed by atoms with van der Waals surface area (Å²) < 4.78 is 4.88. The van der Waals surface area contributed by atoms with Crippen molar-refractivity contribution in [2.45, 2.75) is 40.2 Å². The summed E-state index contributed by atoms with van der Waals surface area (Å²) in [5.74, 6) is -0.223. The van der Waals surface area contributed by atoms with E-state index in [0.717, 1.165) is 0 Å². The maximum absolute atomic E-state index is 11.7. The minimum atomic E-state index is -0.915. The lowest BCUT2D eigenvalue weighted by Gasteiger charge is -2.26. The molecule has 1 aromatic rings. The highest BCUT2D eigenvalue weighted by Gasteiger charge is 2.35. The second kappa shape index (κ2) is 6.93. The predicted octanol–water partition coefficient (Wildman–Crippen LogP) is 1.67. The molecule has 0 aliphatic rings. The number of nitrogens with zero attached hydrogens (tertiary/aromatic N) is 1. The van der Waals surface area contributed by atoms with Crippen LogP contribution in [0.2, 0.25) is 0 Å². The van der Waals surface area contributed by atoms with Crippen LogP contribution in [0.1, 0.15) is 38.1 Å². The van der Waals surface area contributed by atoms with Crippen LogP contribution in [-0.4, -0.2) is 28.8 Å². The first-order chi connectivity index (χ1) is 9.43. The maximum atomic E-state index is 11.7. The van der Waals surface area contributed by atoms with E-state index in [2.05, 4.69) is 15.8 Å². The van der Waals surface area contributed by atoms with Crippen molar-refractivity contribution in [2.75, 3.05) is 6.54 Å². The average molecular weight is 283 g/mol.